The Hall–Kier alpha value is -1.15. The number of hydrogen-bond acceptors (Lipinski definition) is 3. The summed E-state index contributed by atoms with van der Waals surface area (Å²) >= 11 is 4.29. The van der Waals surface area contributed by atoms with Gasteiger partial charge in [-0.15, -0.1) is 0 Å². The van der Waals surface area contributed by atoms with E-state index in [1.54, 1.807) is 0 Å². The molecule has 0 unspecified atom stereocenters. The Bertz CT molecular complexity index is 168. The average molecular weight is 129 g/mol. The molecule has 0 amide bonds. The topological polar surface area (TPSA) is 63.0 Å². The molecule has 0 radical (unpaired) electrons. The van der Waals surface area contributed by atoms with Gasteiger partial charge in [0.15, 0.2) is 0 Å². The van der Waals surface area contributed by atoms with Gasteiger partial charge < -0.3 is 15.8 Å². The van der Waals surface area contributed by atoms with E-state index in [2.05, 4.69) is 22.2 Å². The zero-order chi connectivity index (χ0) is 6.57. The number of nitrogens with zero attached hydrogens (tertiary/aromatic N) is 2. The first-order valence-corrected chi connectivity index (χ1v) is 2.02. The average Bonchev–Trinajstić information content (AvgIpc) is 1.69. The highest BCUT2D eigenvalue weighted by molar-refractivity contribution is 7.82. The van der Waals surface area contributed by atoms with Gasteiger partial charge >= 0.3 is 5.84 Å². The molecule has 0 aliphatic heterocycles. The van der Waals surface area contributed by atoms with Crippen LogP contribution in [-0.2, 0) is 0 Å². The molecule has 0 aliphatic rings. The summed E-state index contributed by atoms with van der Waals surface area (Å²) in [4.78, 5) is 2.50. The van der Waals surface area contributed by atoms with Crippen LogP contribution in [0.15, 0.2) is 5.16 Å². The number of amidine groups is 1. The van der Waals surface area contributed by atoms with Gasteiger partial charge in [0.1, 0.15) is 4.99 Å². The van der Waals surface area contributed by atoms with Crippen LogP contribution in [0.25, 0.3) is 4.85 Å². The third-order valence-corrected chi connectivity index (χ3v) is 0.604. The fourth-order valence-electron chi connectivity index (χ4n) is 0.127. The smallest absolute Gasteiger partial charge is 0.348 e. The molecule has 42 valence electrons. The normalized spacial score (nSPS) is 10.1. The molecule has 0 atom stereocenters. The SMILES string of the molecule is [C-]#[N+]/C(=N\O)C(N)=S. The summed E-state index contributed by atoms with van der Waals surface area (Å²) in [6.07, 6.45) is 0. The minimum absolute atomic E-state index is 0.192. The Morgan fingerprint density at radius 2 is 2.38 bits per heavy atom. The maximum Gasteiger partial charge on any atom is 0.348 e. The molecule has 8 heavy (non-hydrogen) atoms. The van der Waals surface area contributed by atoms with Gasteiger partial charge in [0.2, 0.25) is 0 Å². The fourth-order valence-corrected chi connectivity index (χ4v) is 0.213. The van der Waals surface area contributed by atoms with E-state index in [4.69, 9.17) is 17.5 Å². The van der Waals surface area contributed by atoms with Crippen LogP contribution in [0.3, 0.4) is 0 Å². The lowest BCUT2D eigenvalue weighted by atomic mass is 10.6. The van der Waals surface area contributed by atoms with Crippen molar-refractivity contribution < 1.29 is 5.21 Å². The predicted molar refractivity (Wildman–Crippen MR) is 32.6 cm³/mol. The molecule has 0 bridgehead atoms. The number of nitrogens with two attached hydrogens (primary N) is 1. The second-order valence-electron chi connectivity index (χ2n) is 0.900. The quantitative estimate of drug-likeness (QED) is 0.121. The largest absolute Gasteiger partial charge is 0.397 e. The third-order valence-electron chi connectivity index (χ3n) is 0.421. The van der Waals surface area contributed by atoms with Crippen LogP contribution in [0.2, 0.25) is 0 Å². The van der Waals surface area contributed by atoms with Crippen molar-refractivity contribution in [3.8, 4) is 0 Å². The van der Waals surface area contributed by atoms with Crippen molar-refractivity contribution in [2.24, 2.45) is 10.9 Å². The van der Waals surface area contributed by atoms with Crippen LogP contribution in [0, 0.1) is 6.57 Å². The van der Waals surface area contributed by atoms with Crippen LogP contribution in [-0.4, -0.2) is 16.0 Å². The standard InChI is InChI=1S/C3H3N3OS/c1-5-3(6-7)2(4)8/h7H,(H2,4,8)/b6-3-. The second kappa shape index (κ2) is 2.93. The highest BCUT2D eigenvalue weighted by Crippen LogP contribution is 1.77. The summed E-state index contributed by atoms with van der Waals surface area (Å²) in [6.45, 7) is 6.26. The number of thiocarbonyl (C=S) groups is 1. The maximum atomic E-state index is 7.90. The summed E-state index contributed by atoms with van der Waals surface area (Å²) < 4.78 is 0. The van der Waals surface area contributed by atoms with E-state index in [1.165, 1.54) is 0 Å². The predicted octanol–water partition coefficient (Wildman–Crippen LogP) is -0.0205. The third kappa shape index (κ3) is 1.53. The lowest BCUT2D eigenvalue weighted by Gasteiger charge is -1.84. The van der Waals surface area contributed by atoms with Crippen LogP contribution < -0.4 is 5.73 Å². The molecular formula is C3H3N3OS. The van der Waals surface area contributed by atoms with Crippen LogP contribution in [0.5, 0.6) is 0 Å². The first kappa shape index (κ1) is 6.85. The van der Waals surface area contributed by atoms with Gasteiger partial charge in [0.05, 0.1) is 5.16 Å². The molecule has 0 rings (SSSR count). The summed E-state index contributed by atoms with van der Waals surface area (Å²) in [5.74, 6) is -0.333. The van der Waals surface area contributed by atoms with Crippen molar-refractivity contribution in [2.45, 2.75) is 0 Å². The van der Waals surface area contributed by atoms with E-state index in [-0.39, 0.29) is 10.8 Å². The molecule has 0 aromatic heterocycles. The minimum atomic E-state index is -0.333. The zero-order valence-corrected chi connectivity index (χ0v) is 4.64. The van der Waals surface area contributed by atoms with Crippen molar-refractivity contribution in [3.63, 3.8) is 0 Å². The van der Waals surface area contributed by atoms with Gasteiger partial charge in [-0.1, -0.05) is 18.8 Å². The van der Waals surface area contributed by atoms with Gasteiger partial charge in [0.25, 0.3) is 0 Å². The molecule has 0 aliphatic carbocycles. The highest BCUT2D eigenvalue weighted by Gasteiger charge is 1.99. The molecule has 0 aromatic carbocycles. The van der Waals surface area contributed by atoms with Gasteiger partial charge in [-0.25, -0.2) is 0 Å². The number of rotatable bonds is 0. The molecule has 0 aromatic rings. The summed E-state index contributed by atoms with van der Waals surface area (Å²) in [6, 6.07) is 0. The van der Waals surface area contributed by atoms with Crippen LogP contribution in [0.4, 0.5) is 0 Å². The van der Waals surface area contributed by atoms with Crippen molar-refractivity contribution in [3.05, 3.63) is 11.4 Å². The number of hydrogen-bond donors (Lipinski definition) is 2. The Morgan fingerprint density at radius 1 is 1.88 bits per heavy atom. The van der Waals surface area contributed by atoms with Gasteiger partial charge in [-0.2, -0.15) is 0 Å². The zero-order valence-electron chi connectivity index (χ0n) is 3.83. The second-order valence-corrected chi connectivity index (χ2v) is 1.34. The molecule has 3 N–H and O–H groups in total. The molecule has 0 heterocycles. The molecular weight excluding hydrogens is 126 g/mol. The molecule has 5 heteroatoms. The molecule has 0 saturated carbocycles. The Kier molecular flexibility index (Phi) is 2.51. The van der Waals surface area contributed by atoms with E-state index in [0.29, 0.717) is 0 Å². The van der Waals surface area contributed by atoms with Gasteiger partial charge in [-0.05, 0) is 0 Å². The van der Waals surface area contributed by atoms with Crippen LogP contribution >= 0.6 is 12.2 Å². The van der Waals surface area contributed by atoms with Gasteiger partial charge in [0, 0.05) is 0 Å². The van der Waals surface area contributed by atoms with Gasteiger partial charge in [-0.3, -0.25) is 0 Å². The van der Waals surface area contributed by atoms with Crippen molar-refractivity contribution in [1.29, 1.82) is 0 Å². The van der Waals surface area contributed by atoms with Crippen LogP contribution in [0.1, 0.15) is 0 Å². The Balaban J connectivity index is 4.20. The lowest BCUT2D eigenvalue weighted by molar-refractivity contribution is 0.320. The molecule has 0 spiro atoms. The summed E-state index contributed by atoms with van der Waals surface area (Å²) in [5, 5.41) is 10.4. The Labute approximate surface area is 51.4 Å². The van der Waals surface area contributed by atoms with E-state index < -0.39 is 0 Å². The first-order chi connectivity index (χ1) is 3.72. The van der Waals surface area contributed by atoms with E-state index >= 15 is 0 Å². The first-order valence-electron chi connectivity index (χ1n) is 1.61. The van der Waals surface area contributed by atoms with E-state index in [1.807, 2.05) is 0 Å². The monoisotopic (exact) mass is 129 g/mol. The molecule has 0 saturated heterocycles. The maximum absolute atomic E-state index is 7.90. The minimum Gasteiger partial charge on any atom is -0.397 e. The lowest BCUT2D eigenvalue weighted by Crippen LogP contribution is -2.17. The van der Waals surface area contributed by atoms with Crippen molar-refractivity contribution in [1.82, 2.24) is 0 Å². The highest BCUT2D eigenvalue weighted by atomic mass is 32.1. The molecule has 4 nitrogen and oxygen atoms in total. The van der Waals surface area contributed by atoms with Crippen molar-refractivity contribution in [2.75, 3.05) is 0 Å². The number of oxime groups is 1. The van der Waals surface area contributed by atoms with E-state index in [9.17, 15) is 0 Å². The van der Waals surface area contributed by atoms with Crippen molar-refractivity contribution >= 4 is 23.0 Å². The summed E-state index contributed by atoms with van der Waals surface area (Å²) in [7, 11) is 0. The summed E-state index contributed by atoms with van der Waals surface area (Å²) in [5.41, 5.74) is 4.88. The Morgan fingerprint density at radius 3 is 2.38 bits per heavy atom. The molecule has 0 fully saturated rings. The fraction of sp³-hybridized carbons (Fsp3) is 0. The van der Waals surface area contributed by atoms with E-state index in [0.717, 1.165) is 0 Å².